The molecule has 19 heavy (non-hydrogen) atoms. The molecule has 0 aromatic carbocycles. The lowest BCUT2D eigenvalue weighted by Gasteiger charge is -2.35. The SMILES string of the molecule is CCOCCOCCC1CCCC1(CO)NC1CC1. The highest BCUT2D eigenvalue weighted by molar-refractivity contribution is 5.02. The van der Waals surface area contributed by atoms with Gasteiger partial charge in [0, 0.05) is 24.8 Å². The molecular formula is C15H29NO3. The zero-order chi connectivity index (χ0) is 13.6. The molecular weight excluding hydrogens is 242 g/mol. The lowest BCUT2D eigenvalue weighted by Crippen LogP contribution is -2.52. The number of hydrogen-bond acceptors (Lipinski definition) is 4. The van der Waals surface area contributed by atoms with Crippen molar-refractivity contribution in [1.29, 1.82) is 0 Å². The van der Waals surface area contributed by atoms with Gasteiger partial charge >= 0.3 is 0 Å². The highest BCUT2D eigenvalue weighted by Crippen LogP contribution is 2.40. The monoisotopic (exact) mass is 271 g/mol. The van der Waals surface area contributed by atoms with Crippen molar-refractivity contribution in [1.82, 2.24) is 5.32 Å². The second-order valence-corrected chi connectivity index (χ2v) is 5.92. The van der Waals surface area contributed by atoms with E-state index in [4.69, 9.17) is 9.47 Å². The Labute approximate surface area is 116 Å². The van der Waals surface area contributed by atoms with Crippen molar-refractivity contribution in [2.75, 3.05) is 33.0 Å². The topological polar surface area (TPSA) is 50.7 Å². The second-order valence-electron chi connectivity index (χ2n) is 5.92. The van der Waals surface area contributed by atoms with Crippen molar-refractivity contribution < 1.29 is 14.6 Å². The summed E-state index contributed by atoms with van der Waals surface area (Å²) in [6, 6.07) is 0.659. The van der Waals surface area contributed by atoms with Crippen LogP contribution in [-0.4, -0.2) is 49.7 Å². The third-order valence-electron chi connectivity index (χ3n) is 4.49. The van der Waals surface area contributed by atoms with E-state index in [2.05, 4.69) is 5.32 Å². The van der Waals surface area contributed by atoms with E-state index >= 15 is 0 Å². The van der Waals surface area contributed by atoms with Gasteiger partial charge in [0.2, 0.25) is 0 Å². The van der Waals surface area contributed by atoms with Gasteiger partial charge in [-0.25, -0.2) is 0 Å². The molecule has 112 valence electrons. The number of hydrogen-bond donors (Lipinski definition) is 2. The van der Waals surface area contributed by atoms with Crippen LogP contribution in [0.1, 0.15) is 45.4 Å². The third-order valence-corrected chi connectivity index (χ3v) is 4.49. The Morgan fingerprint density at radius 1 is 1.16 bits per heavy atom. The van der Waals surface area contributed by atoms with Gasteiger partial charge in [-0.15, -0.1) is 0 Å². The summed E-state index contributed by atoms with van der Waals surface area (Å²) >= 11 is 0. The van der Waals surface area contributed by atoms with Crippen LogP contribution in [0.3, 0.4) is 0 Å². The van der Waals surface area contributed by atoms with Crippen LogP contribution in [0.2, 0.25) is 0 Å². The van der Waals surface area contributed by atoms with Crippen molar-refractivity contribution in [2.24, 2.45) is 5.92 Å². The van der Waals surface area contributed by atoms with Crippen molar-refractivity contribution in [3.8, 4) is 0 Å². The van der Waals surface area contributed by atoms with E-state index in [-0.39, 0.29) is 12.1 Å². The third kappa shape index (κ3) is 4.42. The number of rotatable bonds is 10. The number of ether oxygens (including phenoxy) is 2. The summed E-state index contributed by atoms with van der Waals surface area (Å²) in [5, 5.41) is 13.5. The Balaban J connectivity index is 1.68. The van der Waals surface area contributed by atoms with E-state index in [1.807, 2.05) is 6.92 Å². The normalized spacial score (nSPS) is 30.9. The van der Waals surface area contributed by atoms with Crippen LogP contribution in [-0.2, 0) is 9.47 Å². The van der Waals surface area contributed by atoms with Gasteiger partial charge in [-0.3, -0.25) is 0 Å². The quantitative estimate of drug-likeness (QED) is 0.594. The first-order valence-electron chi connectivity index (χ1n) is 7.85. The lowest BCUT2D eigenvalue weighted by molar-refractivity contribution is 0.0374. The van der Waals surface area contributed by atoms with Crippen molar-refractivity contribution in [3.05, 3.63) is 0 Å². The molecule has 0 radical (unpaired) electrons. The molecule has 0 amide bonds. The molecule has 0 bridgehead atoms. The second kappa shape index (κ2) is 7.58. The fraction of sp³-hybridized carbons (Fsp3) is 1.00. The summed E-state index contributed by atoms with van der Waals surface area (Å²) < 4.78 is 10.9. The van der Waals surface area contributed by atoms with Crippen LogP contribution < -0.4 is 5.32 Å². The number of aliphatic hydroxyl groups excluding tert-OH is 1. The smallest absolute Gasteiger partial charge is 0.0700 e. The molecule has 0 heterocycles. The van der Waals surface area contributed by atoms with Gasteiger partial charge < -0.3 is 19.9 Å². The summed E-state index contributed by atoms with van der Waals surface area (Å²) in [7, 11) is 0. The minimum absolute atomic E-state index is 0.0234. The molecule has 2 unspecified atom stereocenters. The average molecular weight is 271 g/mol. The molecule has 2 atom stereocenters. The summed E-state index contributed by atoms with van der Waals surface area (Å²) in [6.45, 7) is 5.18. The predicted molar refractivity (Wildman–Crippen MR) is 75.2 cm³/mol. The molecule has 2 fully saturated rings. The van der Waals surface area contributed by atoms with Crippen LogP contribution >= 0.6 is 0 Å². The molecule has 2 aliphatic carbocycles. The average Bonchev–Trinajstić information content (AvgIpc) is 3.14. The highest BCUT2D eigenvalue weighted by atomic mass is 16.5. The van der Waals surface area contributed by atoms with E-state index in [1.165, 1.54) is 25.7 Å². The number of nitrogens with one attached hydrogen (secondary N) is 1. The molecule has 0 aromatic heterocycles. The van der Waals surface area contributed by atoms with E-state index in [1.54, 1.807) is 0 Å². The molecule has 2 aliphatic rings. The summed E-state index contributed by atoms with van der Waals surface area (Å²) in [4.78, 5) is 0. The Hall–Kier alpha value is -0.160. The summed E-state index contributed by atoms with van der Waals surface area (Å²) in [6.07, 6.45) is 7.16. The molecule has 2 N–H and O–H groups in total. The fourth-order valence-corrected chi connectivity index (χ4v) is 3.23. The van der Waals surface area contributed by atoms with E-state index in [9.17, 15) is 5.11 Å². The van der Waals surface area contributed by atoms with Crippen LogP contribution in [0.25, 0.3) is 0 Å². The fourth-order valence-electron chi connectivity index (χ4n) is 3.23. The van der Waals surface area contributed by atoms with Gasteiger partial charge in [0.05, 0.1) is 19.8 Å². The molecule has 0 aliphatic heterocycles. The van der Waals surface area contributed by atoms with Crippen LogP contribution in [0.4, 0.5) is 0 Å². The first-order chi connectivity index (χ1) is 9.30. The maximum atomic E-state index is 9.81. The van der Waals surface area contributed by atoms with E-state index in [0.29, 0.717) is 25.2 Å². The van der Waals surface area contributed by atoms with Gasteiger partial charge in [0.25, 0.3) is 0 Å². The molecule has 0 spiro atoms. The van der Waals surface area contributed by atoms with Crippen molar-refractivity contribution in [3.63, 3.8) is 0 Å². The minimum Gasteiger partial charge on any atom is -0.394 e. The van der Waals surface area contributed by atoms with Crippen LogP contribution in [0.15, 0.2) is 0 Å². The summed E-state index contributed by atoms with van der Waals surface area (Å²) in [5.74, 6) is 0.560. The van der Waals surface area contributed by atoms with Gasteiger partial charge in [0.15, 0.2) is 0 Å². The summed E-state index contributed by atoms with van der Waals surface area (Å²) in [5.41, 5.74) is -0.0234. The molecule has 4 nitrogen and oxygen atoms in total. The zero-order valence-corrected chi connectivity index (χ0v) is 12.2. The molecule has 0 aromatic rings. The van der Waals surface area contributed by atoms with E-state index in [0.717, 1.165) is 26.1 Å². The van der Waals surface area contributed by atoms with Gasteiger partial charge in [0.1, 0.15) is 0 Å². The Kier molecular flexibility index (Phi) is 6.07. The molecule has 2 rings (SSSR count). The standard InChI is InChI=1S/C15H29NO3/c1-2-18-10-11-19-9-7-13-4-3-8-15(13,12-17)16-14-5-6-14/h13-14,16-17H,2-12H2,1H3. The van der Waals surface area contributed by atoms with Gasteiger partial charge in [-0.05, 0) is 44.9 Å². The first kappa shape index (κ1) is 15.2. The largest absolute Gasteiger partial charge is 0.394 e. The first-order valence-corrected chi connectivity index (χ1v) is 7.85. The maximum absolute atomic E-state index is 9.81. The Bertz CT molecular complexity index is 258. The maximum Gasteiger partial charge on any atom is 0.0700 e. The predicted octanol–water partition coefficient (Wildman–Crippen LogP) is 1.71. The van der Waals surface area contributed by atoms with Crippen molar-refractivity contribution in [2.45, 2.75) is 57.0 Å². The van der Waals surface area contributed by atoms with Crippen molar-refractivity contribution >= 4 is 0 Å². The highest BCUT2D eigenvalue weighted by Gasteiger charge is 2.44. The van der Waals surface area contributed by atoms with Crippen LogP contribution in [0, 0.1) is 5.92 Å². The molecule has 2 saturated carbocycles. The molecule has 0 saturated heterocycles. The van der Waals surface area contributed by atoms with Gasteiger partial charge in [-0.1, -0.05) is 6.42 Å². The lowest BCUT2D eigenvalue weighted by atomic mass is 9.85. The van der Waals surface area contributed by atoms with E-state index < -0.39 is 0 Å². The number of aliphatic hydroxyl groups is 1. The zero-order valence-electron chi connectivity index (χ0n) is 12.2. The Morgan fingerprint density at radius 3 is 2.63 bits per heavy atom. The Morgan fingerprint density at radius 2 is 1.95 bits per heavy atom. The van der Waals surface area contributed by atoms with Gasteiger partial charge in [-0.2, -0.15) is 0 Å². The minimum atomic E-state index is -0.0234. The van der Waals surface area contributed by atoms with Crippen LogP contribution in [0.5, 0.6) is 0 Å². The molecule has 4 heteroatoms.